The number of rotatable bonds is 17. The van der Waals surface area contributed by atoms with Crippen LogP contribution in [0.1, 0.15) is 48.8 Å². The van der Waals surface area contributed by atoms with Gasteiger partial charge in [-0.05, 0) is 37.8 Å². The van der Waals surface area contributed by atoms with Crippen LogP contribution in [0, 0.1) is 0 Å². The van der Waals surface area contributed by atoms with Crippen LogP contribution in [0.2, 0.25) is 0 Å². The number of thiazole rings is 1. The zero-order valence-corrected chi connectivity index (χ0v) is 25.4. The number of amides is 4. The number of guanidine groups is 2. The van der Waals surface area contributed by atoms with E-state index in [9.17, 15) is 24.0 Å². The molecule has 2 rings (SSSR count). The van der Waals surface area contributed by atoms with Crippen LogP contribution in [0.25, 0.3) is 10.2 Å². The first-order valence-corrected chi connectivity index (χ1v) is 14.5. The summed E-state index contributed by atoms with van der Waals surface area (Å²) in [6, 6.07) is 5.20. The number of aromatic nitrogens is 1. The molecule has 1 aromatic heterocycles. The fraction of sp³-hybridized carbons (Fsp3) is 0.462. The van der Waals surface area contributed by atoms with Gasteiger partial charge in [-0.1, -0.05) is 19.1 Å². The van der Waals surface area contributed by atoms with Crippen LogP contribution >= 0.6 is 11.3 Å². The number of carbonyl (C=O) groups excluding carboxylic acids is 5. The molecule has 0 spiro atoms. The molecule has 0 saturated carbocycles. The van der Waals surface area contributed by atoms with Crippen LogP contribution in [0.3, 0.4) is 0 Å². The van der Waals surface area contributed by atoms with Crippen molar-refractivity contribution in [2.24, 2.45) is 44.4 Å². The van der Waals surface area contributed by atoms with Gasteiger partial charge in [0.1, 0.15) is 6.04 Å². The van der Waals surface area contributed by atoms with E-state index < -0.39 is 42.3 Å². The number of benzene rings is 1. The molecule has 4 amide bonds. The molecule has 0 bridgehead atoms. The van der Waals surface area contributed by atoms with Crippen molar-refractivity contribution >= 4 is 62.9 Å². The van der Waals surface area contributed by atoms with E-state index in [-0.39, 0.29) is 55.1 Å². The largest absolute Gasteiger partial charge is 0.370 e. The van der Waals surface area contributed by atoms with Crippen molar-refractivity contribution in [3.8, 4) is 0 Å². The number of ketones is 1. The van der Waals surface area contributed by atoms with Crippen molar-refractivity contribution in [2.75, 3.05) is 26.2 Å². The van der Waals surface area contributed by atoms with E-state index in [2.05, 4.69) is 30.9 Å². The van der Waals surface area contributed by atoms with E-state index in [4.69, 9.17) is 34.4 Å². The van der Waals surface area contributed by atoms with Gasteiger partial charge < -0.3 is 50.4 Å². The van der Waals surface area contributed by atoms with Gasteiger partial charge in [0.25, 0.3) is 0 Å². The van der Waals surface area contributed by atoms with E-state index in [1.165, 1.54) is 11.3 Å². The highest BCUT2D eigenvalue weighted by atomic mass is 32.1. The van der Waals surface area contributed by atoms with E-state index in [0.717, 1.165) is 17.7 Å². The molecule has 0 aliphatic heterocycles. The lowest BCUT2D eigenvalue weighted by molar-refractivity contribution is -0.130. The standard InChI is InChI=1S/C22H31N9O5S.C4H11N3/c23-10-17(33)30-14(7-8-16(24)32)20(36)28-11-18(34)29-13(5-3-9-27-22(25)26)19(35)21-31-12-4-1-2-6-15(12)37-21;1-2-3-7-4(5)6/h1-2,4,6,13-14H,3,5,7-11,23H2,(H2,24,32)(H,28,36)(H,29,34)(H,30,33)(H4,25,26,27);2-3H2,1H3,(H4,5,6,7). The number of hydrogen-bond donors (Lipinski definition) is 9. The number of nitrogens with one attached hydrogen (secondary N) is 3. The van der Waals surface area contributed by atoms with Gasteiger partial charge in [0.2, 0.25) is 29.4 Å². The molecule has 0 saturated heterocycles. The summed E-state index contributed by atoms with van der Waals surface area (Å²) in [5.74, 6) is -2.92. The third kappa shape index (κ3) is 14.9. The Morgan fingerprint density at radius 1 is 0.886 bits per heavy atom. The first kappa shape index (κ1) is 37.2. The fourth-order valence-corrected chi connectivity index (χ4v) is 4.44. The second kappa shape index (κ2) is 20.1. The zero-order valence-electron chi connectivity index (χ0n) is 24.6. The van der Waals surface area contributed by atoms with Crippen molar-refractivity contribution in [1.29, 1.82) is 0 Å². The number of nitrogens with two attached hydrogens (primary N) is 6. The summed E-state index contributed by atoms with van der Waals surface area (Å²) in [6.45, 7) is 2.16. The SMILES string of the molecule is CCCN=C(N)N.NCC(=O)NC(CCC(N)=O)C(=O)NCC(=O)NC(CCCN=C(N)N)C(=O)c1nc2ccccc2s1. The van der Waals surface area contributed by atoms with Crippen molar-refractivity contribution < 1.29 is 24.0 Å². The summed E-state index contributed by atoms with van der Waals surface area (Å²) in [6.07, 6.45) is 1.38. The smallest absolute Gasteiger partial charge is 0.243 e. The van der Waals surface area contributed by atoms with Crippen LogP contribution in [0.5, 0.6) is 0 Å². The van der Waals surface area contributed by atoms with Gasteiger partial charge in [-0.25, -0.2) is 4.98 Å². The summed E-state index contributed by atoms with van der Waals surface area (Å²) in [4.78, 5) is 73.0. The molecule has 17 nitrogen and oxygen atoms in total. The van der Waals surface area contributed by atoms with Crippen LogP contribution < -0.4 is 50.4 Å². The predicted octanol–water partition coefficient (Wildman–Crippen LogP) is -2.49. The molecule has 2 unspecified atom stereocenters. The highest BCUT2D eigenvalue weighted by Gasteiger charge is 2.26. The number of fused-ring (bicyclic) bond motifs is 1. The summed E-state index contributed by atoms with van der Waals surface area (Å²) >= 11 is 1.21. The lowest BCUT2D eigenvalue weighted by Gasteiger charge is -2.19. The Morgan fingerprint density at radius 3 is 2.09 bits per heavy atom. The first-order valence-electron chi connectivity index (χ1n) is 13.7. The monoisotopic (exact) mass is 634 g/mol. The minimum Gasteiger partial charge on any atom is -0.370 e. The Balaban J connectivity index is 0.00000123. The molecule has 0 radical (unpaired) electrons. The van der Waals surface area contributed by atoms with Gasteiger partial charge in [0.05, 0.1) is 29.3 Å². The number of aliphatic imine (C=N–C) groups is 2. The van der Waals surface area contributed by atoms with Crippen LogP contribution in [0.15, 0.2) is 34.3 Å². The minimum atomic E-state index is -1.11. The molecule has 44 heavy (non-hydrogen) atoms. The number of hydrogen-bond acceptors (Lipinski definition) is 10. The van der Waals surface area contributed by atoms with Crippen molar-refractivity contribution in [3.05, 3.63) is 29.3 Å². The Morgan fingerprint density at radius 2 is 1.52 bits per heavy atom. The summed E-state index contributed by atoms with van der Waals surface area (Å²) in [5.41, 5.74) is 31.7. The zero-order chi connectivity index (χ0) is 33.1. The Bertz CT molecular complexity index is 1290. The maximum atomic E-state index is 13.2. The molecular formula is C26H42N12O5S. The Kier molecular flexibility index (Phi) is 17.0. The maximum absolute atomic E-state index is 13.2. The lowest BCUT2D eigenvalue weighted by Crippen LogP contribution is -2.51. The van der Waals surface area contributed by atoms with Crippen molar-refractivity contribution in [2.45, 2.75) is 51.1 Å². The average molecular weight is 635 g/mol. The van der Waals surface area contributed by atoms with Crippen molar-refractivity contribution in [1.82, 2.24) is 20.9 Å². The first-order chi connectivity index (χ1) is 20.9. The van der Waals surface area contributed by atoms with Crippen LogP contribution in [-0.4, -0.2) is 84.6 Å². The third-order valence-electron chi connectivity index (χ3n) is 5.56. The third-order valence-corrected chi connectivity index (χ3v) is 6.61. The quantitative estimate of drug-likeness (QED) is 0.0379. The van der Waals surface area contributed by atoms with Crippen LogP contribution in [-0.2, 0) is 19.2 Å². The highest BCUT2D eigenvalue weighted by Crippen LogP contribution is 2.23. The average Bonchev–Trinajstić information content (AvgIpc) is 3.42. The number of nitrogens with zero attached hydrogens (tertiary/aromatic N) is 3. The summed E-state index contributed by atoms with van der Waals surface area (Å²) in [7, 11) is 0. The minimum absolute atomic E-state index is 0.0714. The Labute approximate surface area is 258 Å². The second-order valence-corrected chi connectivity index (χ2v) is 10.3. The van der Waals surface area contributed by atoms with E-state index >= 15 is 0 Å². The molecule has 0 aliphatic rings. The van der Waals surface area contributed by atoms with E-state index in [1.54, 1.807) is 12.1 Å². The maximum Gasteiger partial charge on any atom is 0.243 e. The molecule has 2 aromatic rings. The van der Waals surface area contributed by atoms with E-state index in [0.29, 0.717) is 11.9 Å². The van der Waals surface area contributed by atoms with Gasteiger partial charge in [0, 0.05) is 19.5 Å². The van der Waals surface area contributed by atoms with Gasteiger partial charge in [0.15, 0.2) is 16.9 Å². The van der Waals surface area contributed by atoms with Crippen molar-refractivity contribution in [3.63, 3.8) is 0 Å². The summed E-state index contributed by atoms with van der Waals surface area (Å²) in [5, 5.41) is 7.60. The molecule has 18 heteroatoms. The molecule has 1 aromatic carbocycles. The van der Waals surface area contributed by atoms with Gasteiger partial charge in [-0.15, -0.1) is 11.3 Å². The molecular weight excluding hydrogens is 592 g/mol. The van der Waals surface area contributed by atoms with Crippen LogP contribution in [0.4, 0.5) is 0 Å². The topological polar surface area (TPSA) is 315 Å². The Hall–Kier alpha value is -4.84. The van der Waals surface area contributed by atoms with Gasteiger partial charge >= 0.3 is 0 Å². The van der Waals surface area contributed by atoms with Gasteiger partial charge in [-0.2, -0.15) is 0 Å². The molecule has 2 atom stereocenters. The second-order valence-electron chi connectivity index (χ2n) is 9.27. The molecule has 1 heterocycles. The fourth-order valence-electron chi connectivity index (χ4n) is 3.48. The number of primary amides is 1. The normalized spacial score (nSPS) is 11.6. The molecule has 242 valence electrons. The predicted molar refractivity (Wildman–Crippen MR) is 169 cm³/mol. The lowest BCUT2D eigenvalue weighted by atomic mass is 10.1. The molecule has 0 fully saturated rings. The molecule has 0 aliphatic carbocycles. The number of carbonyl (C=O) groups is 5. The number of para-hydroxylation sites is 1. The molecule has 15 N–H and O–H groups in total. The number of Topliss-reactive ketones (excluding diaryl/α,β-unsaturated/α-hetero) is 1. The summed E-state index contributed by atoms with van der Waals surface area (Å²) < 4.78 is 0.824. The van der Waals surface area contributed by atoms with Gasteiger partial charge in [-0.3, -0.25) is 34.0 Å². The van der Waals surface area contributed by atoms with E-state index in [1.807, 2.05) is 19.1 Å². The highest BCUT2D eigenvalue weighted by molar-refractivity contribution is 7.20.